The van der Waals surface area contributed by atoms with Gasteiger partial charge in [0.1, 0.15) is 0 Å². The predicted octanol–water partition coefficient (Wildman–Crippen LogP) is 4.06. The molecule has 0 aromatic rings. The Kier molecular flexibility index (Phi) is 5.18. The number of hydrogen-bond donors (Lipinski definition) is 1. The first-order chi connectivity index (χ1) is 9.31. The predicted molar refractivity (Wildman–Crippen MR) is 88.1 cm³/mol. The van der Waals surface area contributed by atoms with Gasteiger partial charge in [0.25, 0.3) is 0 Å². The molecule has 0 aromatic heterocycles. The van der Waals surface area contributed by atoms with Gasteiger partial charge in [-0.1, -0.05) is 19.8 Å². The lowest BCUT2D eigenvalue weighted by Gasteiger charge is -2.44. The van der Waals surface area contributed by atoms with Crippen molar-refractivity contribution in [3.8, 4) is 0 Å². The second kappa shape index (κ2) is 6.36. The maximum Gasteiger partial charge on any atom is 0.00967 e. The highest BCUT2D eigenvalue weighted by atomic mass is 15.2. The average molecular weight is 280 g/mol. The van der Waals surface area contributed by atoms with Crippen LogP contribution < -0.4 is 5.32 Å². The number of nitrogens with zero attached hydrogens (tertiary/aromatic N) is 1. The van der Waals surface area contributed by atoms with E-state index in [0.29, 0.717) is 5.41 Å². The first kappa shape index (κ1) is 16.3. The fourth-order valence-corrected chi connectivity index (χ4v) is 4.04. The third-order valence-corrected chi connectivity index (χ3v) is 5.70. The first-order valence-electron chi connectivity index (χ1n) is 8.80. The fourth-order valence-electron chi connectivity index (χ4n) is 4.04. The van der Waals surface area contributed by atoms with Crippen molar-refractivity contribution >= 4 is 0 Å². The molecule has 1 heterocycles. The Morgan fingerprint density at radius 1 is 1.10 bits per heavy atom. The van der Waals surface area contributed by atoms with Crippen LogP contribution in [0.1, 0.15) is 73.1 Å². The molecule has 2 unspecified atom stereocenters. The van der Waals surface area contributed by atoms with Crippen molar-refractivity contribution < 1.29 is 0 Å². The Labute approximate surface area is 126 Å². The molecule has 0 aromatic carbocycles. The lowest BCUT2D eigenvalue weighted by Crippen LogP contribution is -2.52. The maximum absolute atomic E-state index is 3.79. The Hall–Kier alpha value is -0.0800. The minimum Gasteiger partial charge on any atom is -0.311 e. The van der Waals surface area contributed by atoms with Crippen LogP contribution in [-0.2, 0) is 0 Å². The van der Waals surface area contributed by atoms with E-state index in [2.05, 4.69) is 44.8 Å². The topological polar surface area (TPSA) is 15.3 Å². The third-order valence-electron chi connectivity index (χ3n) is 5.70. The van der Waals surface area contributed by atoms with E-state index in [1.807, 2.05) is 0 Å². The van der Waals surface area contributed by atoms with Gasteiger partial charge in [-0.2, -0.15) is 0 Å². The van der Waals surface area contributed by atoms with Crippen molar-refractivity contribution in [2.75, 3.05) is 19.6 Å². The zero-order chi connectivity index (χ0) is 14.8. The van der Waals surface area contributed by atoms with Crippen LogP contribution >= 0.6 is 0 Å². The molecule has 2 atom stereocenters. The van der Waals surface area contributed by atoms with E-state index >= 15 is 0 Å². The normalized spacial score (nSPS) is 31.6. The smallest absolute Gasteiger partial charge is 0.00967 e. The molecule has 1 aliphatic heterocycles. The van der Waals surface area contributed by atoms with Crippen LogP contribution in [0.15, 0.2) is 0 Å². The summed E-state index contributed by atoms with van der Waals surface area (Å²) in [6.45, 7) is 15.6. The van der Waals surface area contributed by atoms with Crippen molar-refractivity contribution in [3.63, 3.8) is 0 Å². The SMILES string of the molecule is CC1CCCN(CC2(CNC(C)(C)C)CCCC2)C1C. The Morgan fingerprint density at radius 2 is 1.75 bits per heavy atom. The van der Waals surface area contributed by atoms with E-state index in [0.717, 1.165) is 12.0 Å². The molecule has 0 spiro atoms. The Balaban J connectivity index is 1.98. The Bertz CT molecular complexity index is 299. The average Bonchev–Trinajstić information content (AvgIpc) is 2.81. The minimum atomic E-state index is 0.246. The highest BCUT2D eigenvalue weighted by Gasteiger charge is 2.38. The lowest BCUT2D eigenvalue weighted by molar-refractivity contribution is 0.0578. The highest BCUT2D eigenvalue weighted by molar-refractivity contribution is 4.93. The summed E-state index contributed by atoms with van der Waals surface area (Å²) >= 11 is 0. The third kappa shape index (κ3) is 4.21. The van der Waals surface area contributed by atoms with Gasteiger partial charge >= 0.3 is 0 Å². The molecule has 1 N–H and O–H groups in total. The number of rotatable bonds is 4. The summed E-state index contributed by atoms with van der Waals surface area (Å²) in [7, 11) is 0. The largest absolute Gasteiger partial charge is 0.311 e. The first-order valence-corrected chi connectivity index (χ1v) is 8.80. The van der Waals surface area contributed by atoms with Crippen LogP contribution in [-0.4, -0.2) is 36.1 Å². The van der Waals surface area contributed by atoms with Crippen molar-refractivity contribution in [3.05, 3.63) is 0 Å². The van der Waals surface area contributed by atoms with Gasteiger partial charge in [-0.3, -0.25) is 4.90 Å². The van der Waals surface area contributed by atoms with Gasteiger partial charge < -0.3 is 5.32 Å². The number of piperidine rings is 1. The van der Waals surface area contributed by atoms with E-state index in [-0.39, 0.29) is 5.54 Å². The van der Waals surface area contributed by atoms with Gasteiger partial charge in [0.15, 0.2) is 0 Å². The van der Waals surface area contributed by atoms with Crippen LogP contribution in [0.3, 0.4) is 0 Å². The summed E-state index contributed by atoms with van der Waals surface area (Å²) in [5.41, 5.74) is 0.787. The number of hydrogen-bond acceptors (Lipinski definition) is 2. The van der Waals surface area contributed by atoms with E-state index in [1.54, 1.807) is 0 Å². The van der Waals surface area contributed by atoms with Crippen LogP contribution in [0.25, 0.3) is 0 Å². The monoisotopic (exact) mass is 280 g/mol. The standard InChI is InChI=1S/C18H36N2/c1-15-9-8-12-20(16(15)2)14-18(10-6-7-11-18)13-19-17(3,4)5/h15-16,19H,6-14H2,1-5H3. The lowest BCUT2D eigenvalue weighted by atomic mass is 9.82. The Morgan fingerprint density at radius 3 is 2.35 bits per heavy atom. The maximum atomic E-state index is 3.79. The highest BCUT2D eigenvalue weighted by Crippen LogP contribution is 2.40. The molecule has 1 saturated carbocycles. The molecule has 2 heteroatoms. The molecule has 20 heavy (non-hydrogen) atoms. The second-order valence-corrected chi connectivity index (χ2v) is 8.64. The van der Waals surface area contributed by atoms with Crippen molar-refractivity contribution in [2.45, 2.75) is 84.7 Å². The molecule has 118 valence electrons. The molecule has 0 bridgehead atoms. The van der Waals surface area contributed by atoms with Gasteiger partial charge in [-0.25, -0.2) is 0 Å². The van der Waals surface area contributed by atoms with E-state index in [1.165, 1.54) is 58.2 Å². The zero-order valence-corrected chi connectivity index (χ0v) is 14.5. The van der Waals surface area contributed by atoms with Crippen LogP contribution in [0, 0.1) is 11.3 Å². The van der Waals surface area contributed by atoms with Crippen molar-refractivity contribution in [1.82, 2.24) is 10.2 Å². The molecule has 0 amide bonds. The molecular weight excluding hydrogens is 244 g/mol. The van der Waals surface area contributed by atoms with E-state index in [4.69, 9.17) is 0 Å². The molecule has 2 rings (SSSR count). The van der Waals surface area contributed by atoms with E-state index in [9.17, 15) is 0 Å². The zero-order valence-electron chi connectivity index (χ0n) is 14.5. The second-order valence-electron chi connectivity index (χ2n) is 8.64. The van der Waals surface area contributed by atoms with Gasteiger partial charge in [0.2, 0.25) is 0 Å². The molecule has 2 fully saturated rings. The number of nitrogens with one attached hydrogen (secondary N) is 1. The van der Waals surface area contributed by atoms with Gasteiger partial charge in [0, 0.05) is 24.7 Å². The summed E-state index contributed by atoms with van der Waals surface area (Å²) < 4.78 is 0. The van der Waals surface area contributed by atoms with Crippen molar-refractivity contribution in [2.24, 2.45) is 11.3 Å². The van der Waals surface area contributed by atoms with Gasteiger partial charge in [-0.05, 0) is 71.3 Å². The molecule has 1 aliphatic carbocycles. The molecular formula is C18H36N2. The fraction of sp³-hybridized carbons (Fsp3) is 1.00. The van der Waals surface area contributed by atoms with Crippen molar-refractivity contribution in [1.29, 1.82) is 0 Å². The quantitative estimate of drug-likeness (QED) is 0.835. The van der Waals surface area contributed by atoms with Crippen LogP contribution in [0.5, 0.6) is 0 Å². The summed E-state index contributed by atoms with van der Waals surface area (Å²) in [6.07, 6.45) is 8.54. The van der Waals surface area contributed by atoms with Gasteiger partial charge in [0.05, 0.1) is 0 Å². The summed E-state index contributed by atoms with van der Waals surface area (Å²) in [4.78, 5) is 2.80. The summed E-state index contributed by atoms with van der Waals surface area (Å²) in [5.74, 6) is 0.873. The molecule has 2 aliphatic rings. The summed E-state index contributed by atoms with van der Waals surface area (Å²) in [6, 6.07) is 0.774. The number of likely N-dealkylation sites (tertiary alicyclic amines) is 1. The summed E-state index contributed by atoms with van der Waals surface area (Å²) in [5, 5.41) is 3.79. The van der Waals surface area contributed by atoms with Gasteiger partial charge in [-0.15, -0.1) is 0 Å². The van der Waals surface area contributed by atoms with E-state index < -0.39 is 0 Å². The van der Waals surface area contributed by atoms with Crippen LogP contribution in [0.2, 0.25) is 0 Å². The van der Waals surface area contributed by atoms with Crippen LogP contribution in [0.4, 0.5) is 0 Å². The molecule has 1 saturated heterocycles. The minimum absolute atomic E-state index is 0.246. The molecule has 2 nitrogen and oxygen atoms in total. The molecule has 0 radical (unpaired) electrons.